The Labute approximate surface area is 77.8 Å². The minimum Gasteiger partial charge on any atom is -0.127 e. The molecule has 0 aliphatic carbocycles. The number of unbranched alkanes of at least 4 members (excludes halogenated alkanes) is 3. The molecule has 0 saturated heterocycles. The molecule has 0 rings (SSSR count). The van der Waals surface area contributed by atoms with E-state index >= 15 is 0 Å². The van der Waals surface area contributed by atoms with E-state index in [1.165, 1.54) is 12.8 Å². The predicted octanol–water partition coefficient (Wildman–Crippen LogP) is 3.98. The molecule has 0 aromatic heterocycles. The molecule has 0 saturated carbocycles. The summed E-state index contributed by atoms with van der Waals surface area (Å²) in [5, 5.41) is 0. The zero-order valence-corrected chi connectivity index (χ0v) is 8.22. The maximum atomic E-state index is 5.53. The molecule has 3 heteroatoms. The van der Waals surface area contributed by atoms with Gasteiger partial charge in [-0.15, -0.1) is 34.8 Å². The number of alkyl halides is 3. The highest BCUT2D eigenvalue weighted by Crippen LogP contribution is 2.12. The maximum Gasteiger partial charge on any atom is 0.107 e. The average Bonchev–Trinajstić information content (AvgIpc) is 1.87. The Morgan fingerprint density at radius 1 is 0.900 bits per heavy atom. The molecule has 10 heavy (non-hydrogen) atoms. The summed E-state index contributed by atoms with van der Waals surface area (Å²) in [5.74, 6) is 0.769. The summed E-state index contributed by atoms with van der Waals surface area (Å²) < 4.78 is 0. The van der Waals surface area contributed by atoms with Gasteiger partial charge in [0.05, 0.1) is 0 Å². The van der Waals surface area contributed by atoms with Gasteiger partial charge in [0.2, 0.25) is 0 Å². The number of halogens is 3. The van der Waals surface area contributed by atoms with Crippen LogP contribution in [0.2, 0.25) is 0 Å². The lowest BCUT2D eigenvalue weighted by atomic mass is 10.2. The van der Waals surface area contributed by atoms with E-state index in [0.29, 0.717) is 0 Å². The molecule has 0 heterocycles. The molecule has 0 bridgehead atoms. The van der Waals surface area contributed by atoms with E-state index in [-0.39, 0.29) is 4.84 Å². The van der Waals surface area contributed by atoms with Gasteiger partial charge in [-0.2, -0.15) is 0 Å². The minimum atomic E-state index is -0.184. The molecule has 0 aliphatic heterocycles. The molecule has 0 aromatic rings. The Morgan fingerprint density at radius 3 is 2.00 bits per heavy atom. The van der Waals surface area contributed by atoms with Gasteiger partial charge in [0.15, 0.2) is 0 Å². The van der Waals surface area contributed by atoms with Gasteiger partial charge < -0.3 is 0 Å². The summed E-state index contributed by atoms with van der Waals surface area (Å²) in [5.41, 5.74) is 0. The van der Waals surface area contributed by atoms with Crippen LogP contribution in [0.1, 0.15) is 32.1 Å². The SMILES string of the molecule is ClCCCCCCC(Cl)Cl. The lowest BCUT2D eigenvalue weighted by Gasteiger charge is -1.99. The zero-order chi connectivity index (χ0) is 7.82. The topological polar surface area (TPSA) is 0 Å². The monoisotopic (exact) mass is 202 g/mol. The molecular formula is C7H13Cl3. The second-order valence-corrected chi connectivity index (χ2v) is 3.94. The molecular weight excluding hydrogens is 190 g/mol. The van der Waals surface area contributed by atoms with Crippen LogP contribution < -0.4 is 0 Å². The second kappa shape index (κ2) is 7.97. The fraction of sp³-hybridized carbons (Fsp3) is 1.00. The van der Waals surface area contributed by atoms with Crippen LogP contribution in [0.4, 0.5) is 0 Å². The molecule has 0 amide bonds. The van der Waals surface area contributed by atoms with Crippen molar-refractivity contribution in [3.8, 4) is 0 Å². The van der Waals surface area contributed by atoms with E-state index in [4.69, 9.17) is 34.8 Å². The van der Waals surface area contributed by atoms with Crippen molar-refractivity contribution in [2.75, 3.05) is 5.88 Å². The van der Waals surface area contributed by atoms with E-state index < -0.39 is 0 Å². The third kappa shape index (κ3) is 8.87. The van der Waals surface area contributed by atoms with Gasteiger partial charge in [0, 0.05) is 5.88 Å². The molecule has 0 fully saturated rings. The Balaban J connectivity index is 2.77. The zero-order valence-electron chi connectivity index (χ0n) is 5.95. The molecule has 0 aromatic carbocycles. The van der Waals surface area contributed by atoms with Crippen LogP contribution in [0.3, 0.4) is 0 Å². The predicted molar refractivity (Wildman–Crippen MR) is 49.3 cm³/mol. The fourth-order valence-corrected chi connectivity index (χ4v) is 1.24. The van der Waals surface area contributed by atoms with Gasteiger partial charge in [-0.3, -0.25) is 0 Å². The first-order valence-electron chi connectivity index (χ1n) is 3.61. The van der Waals surface area contributed by atoms with Gasteiger partial charge in [-0.25, -0.2) is 0 Å². The van der Waals surface area contributed by atoms with Gasteiger partial charge in [0.25, 0.3) is 0 Å². The molecule has 0 unspecified atom stereocenters. The van der Waals surface area contributed by atoms with Crippen molar-refractivity contribution in [1.82, 2.24) is 0 Å². The minimum absolute atomic E-state index is 0.184. The highest BCUT2D eigenvalue weighted by molar-refractivity contribution is 6.44. The standard InChI is InChI=1S/C7H13Cl3/c8-6-4-2-1-3-5-7(9)10/h7H,1-6H2. The van der Waals surface area contributed by atoms with Crippen molar-refractivity contribution in [3.05, 3.63) is 0 Å². The summed E-state index contributed by atoms with van der Waals surface area (Å²) >= 11 is 16.6. The van der Waals surface area contributed by atoms with Crippen LogP contribution in [-0.4, -0.2) is 10.7 Å². The van der Waals surface area contributed by atoms with E-state index in [2.05, 4.69) is 0 Å². The van der Waals surface area contributed by atoms with Crippen molar-refractivity contribution in [2.24, 2.45) is 0 Å². The maximum absolute atomic E-state index is 5.53. The van der Waals surface area contributed by atoms with Crippen molar-refractivity contribution >= 4 is 34.8 Å². The first-order chi connectivity index (χ1) is 4.77. The Hall–Kier alpha value is 0.870. The molecule has 0 nitrogen and oxygen atoms in total. The largest absolute Gasteiger partial charge is 0.127 e. The van der Waals surface area contributed by atoms with E-state index in [1.807, 2.05) is 0 Å². The molecule has 0 aliphatic rings. The summed E-state index contributed by atoms with van der Waals surface area (Å²) in [6, 6.07) is 0. The summed E-state index contributed by atoms with van der Waals surface area (Å²) in [7, 11) is 0. The molecule has 0 radical (unpaired) electrons. The summed E-state index contributed by atoms with van der Waals surface area (Å²) in [4.78, 5) is -0.184. The van der Waals surface area contributed by atoms with Crippen LogP contribution >= 0.6 is 34.8 Å². The van der Waals surface area contributed by atoms with Crippen molar-refractivity contribution in [2.45, 2.75) is 36.9 Å². The number of hydrogen-bond acceptors (Lipinski definition) is 0. The van der Waals surface area contributed by atoms with E-state index in [0.717, 1.165) is 25.1 Å². The van der Waals surface area contributed by atoms with Crippen molar-refractivity contribution < 1.29 is 0 Å². The van der Waals surface area contributed by atoms with Crippen LogP contribution in [0.5, 0.6) is 0 Å². The third-order valence-electron chi connectivity index (χ3n) is 1.31. The molecule has 62 valence electrons. The highest BCUT2D eigenvalue weighted by atomic mass is 35.5. The first-order valence-corrected chi connectivity index (χ1v) is 5.02. The van der Waals surface area contributed by atoms with Gasteiger partial charge in [-0.05, 0) is 12.8 Å². The second-order valence-electron chi connectivity index (χ2n) is 2.28. The molecule has 0 atom stereocenters. The third-order valence-corrected chi connectivity index (χ3v) is 2.01. The molecule has 0 N–H and O–H groups in total. The highest BCUT2D eigenvalue weighted by Gasteiger charge is 1.96. The quantitative estimate of drug-likeness (QED) is 0.452. The smallest absolute Gasteiger partial charge is 0.107 e. The fourth-order valence-electron chi connectivity index (χ4n) is 0.747. The first kappa shape index (κ1) is 10.9. The normalized spacial score (nSPS) is 10.8. The van der Waals surface area contributed by atoms with E-state index in [9.17, 15) is 0 Å². The van der Waals surface area contributed by atoms with Gasteiger partial charge in [0.1, 0.15) is 4.84 Å². The van der Waals surface area contributed by atoms with Crippen molar-refractivity contribution in [1.29, 1.82) is 0 Å². The van der Waals surface area contributed by atoms with Crippen LogP contribution in [-0.2, 0) is 0 Å². The Morgan fingerprint density at radius 2 is 1.50 bits per heavy atom. The van der Waals surface area contributed by atoms with Crippen LogP contribution in [0.25, 0.3) is 0 Å². The average molecular weight is 204 g/mol. The van der Waals surface area contributed by atoms with Crippen LogP contribution in [0.15, 0.2) is 0 Å². The van der Waals surface area contributed by atoms with Gasteiger partial charge >= 0.3 is 0 Å². The van der Waals surface area contributed by atoms with Crippen molar-refractivity contribution in [3.63, 3.8) is 0 Å². The summed E-state index contributed by atoms with van der Waals surface area (Å²) in [6.07, 6.45) is 5.53. The lowest BCUT2D eigenvalue weighted by Crippen LogP contribution is -1.86. The number of hydrogen-bond donors (Lipinski definition) is 0. The Bertz CT molecular complexity index is 63.9. The van der Waals surface area contributed by atoms with Crippen LogP contribution in [0, 0.1) is 0 Å². The Kier molecular flexibility index (Phi) is 8.66. The molecule has 0 spiro atoms. The van der Waals surface area contributed by atoms with E-state index in [1.54, 1.807) is 0 Å². The lowest BCUT2D eigenvalue weighted by molar-refractivity contribution is 0.652. The van der Waals surface area contributed by atoms with Gasteiger partial charge in [-0.1, -0.05) is 19.3 Å². The summed E-state index contributed by atoms with van der Waals surface area (Å²) in [6.45, 7) is 0. The number of rotatable bonds is 6.